The summed E-state index contributed by atoms with van der Waals surface area (Å²) >= 11 is 0. The molecule has 1 amide bonds. The Balaban J connectivity index is 2.70. The van der Waals surface area contributed by atoms with Crippen molar-refractivity contribution < 1.29 is 9.18 Å². The van der Waals surface area contributed by atoms with Gasteiger partial charge in [0, 0.05) is 12.1 Å². The van der Waals surface area contributed by atoms with Crippen LogP contribution in [0.5, 0.6) is 0 Å². The molecule has 0 aromatic heterocycles. The van der Waals surface area contributed by atoms with E-state index in [1.807, 2.05) is 0 Å². The van der Waals surface area contributed by atoms with Crippen LogP contribution < -0.4 is 5.73 Å². The minimum Gasteiger partial charge on any atom is -0.368 e. The first-order valence-electron chi connectivity index (χ1n) is 4.75. The van der Waals surface area contributed by atoms with Gasteiger partial charge in [-0.1, -0.05) is 18.2 Å². The molecule has 15 heavy (non-hydrogen) atoms. The molecule has 1 aromatic carbocycles. The number of hydrogen-bond donors (Lipinski definition) is 1. The van der Waals surface area contributed by atoms with E-state index in [2.05, 4.69) is 0 Å². The van der Waals surface area contributed by atoms with E-state index in [-0.39, 0.29) is 5.82 Å². The second kappa shape index (κ2) is 4.89. The summed E-state index contributed by atoms with van der Waals surface area (Å²) < 4.78 is 13.3. The minimum atomic E-state index is -0.408. The largest absolute Gasteiger partial charge is 0.368 e. The molecule has 3 nitrogen and oxygen atoms in total. The zero-order chi connectivity index (χ0) is 11.4. The molecule has 0 spiro atoms. The van der Waals surface area contributed by atoms with Crippen molar-refractivity contribution in [3.05, 3.63) is 35.6 Å². The molecule has 0 saturated heterocycles. The van der Waals surface area contributed by atoms with Crippen LogP contribution in [0.15, 0.2) is 24.3 Å². The SMILES string of the molecule is C[C@@H](C(N)=O)N(C)Cc1ccccc1F. The van der Waals surface area contributed by atoms with Crippen molar-refractivity contribution >= 4 is 5.91 Å². The molecule has 0 aliphatic rings. The van der Waals surface area contributed by atoms with Crippen LogP contribution in [0.2, 0.25) is 0 Å². The average molecular weight is 210 g/mol. The molecule has 2 N–H and O–H groups in total. The van der Waals surface area contributed by atoms with Gasteiger partial charge < -0.3 is 5.73 Å². The minimum absolute atomic E-state index is 0.263. The summed E-state index contributed by atoms with van der Waals surface area (Å²) in [4.78, 5) is 12.6. The van der Waals surface area contributed by atoms with Crippen molar-refractivity contribution in [1.29, 1.82) is 0 Å². The highest BCUT2D eigenvalue weighted by molar-refractivity contribution is 5.79. The van der Waals surface area contributed by atoms with Crippen molar-refractivity contribution in [2.75, 3.05) is 7.05 Å². The maximum atomic E-state index is 13.3. The van der Waals surface area contributed by atoms with Crippen LogP contribution in [-0.2, 0) is 11.3 Å². The van der Waals surface area contributed by atoms with E-state index in [9.17, 15) is 9.18 Å². The van der Waals surface area contributed by atoms with Gasteiger partial charge in [0.05, 0.1) is 6.04 Å². The van der Waals surface area contributed by atoms with E-state index >= 15 is 0 Å². The number of rotatable bonds is 4. The van der Waals surface area contributed by atoms with Crippen molar-refractivity contribution in [1.82, 2.24) is 4.90 Å². The Morgan fingerprint density at radius 3 is 2.67 bits per heavy atom. The highest BCUT2D eigenvalue weighted by Gasteiger charge is 2.15. The van der Waals surface area contributed by atoms with Crippen molar-refractivity contribution in [2.45, 2.75) is 19.5 Å². The number of primary amides is 1. The van der Waals surface area contributed by atoms with Crippen LogP contribution in [0.3, 0.4) is 0 Å². The molecule has 0 aliphatic carbocycles. The molecule has 1 aromatic rings. The Kier molecular flexibility index (Phi) is 3.80. The summed E-state index contributed by atoms with van der Waals surface area (Å²) in [6.45, 7) is 2.07. The Hall–Kier alpha value is -1.42. The summed E-state index contributed by atoms with van der Waals surface area (Å²) in [5.41, 5.74) is 5.72. The van der Waals surface area contributed by atoms with Gasteiger partial charge in [0.25, 0.3) is 0 Å². The number of hydrogen-bond acceptors (Lipinski definition) is 2. The van der Waals surface area contributed by atoms with Crippen LogP contribution in [0, 0.1) is 5.82 Å². The lowest BCUT2D eigenvalue weighted by atomic mass is 10.2. The maximum absolute atomic E-state index is 13.3. The third kappa shape index (κ3) is 3.02. The van der Waals surface area contributed by atoms with Crippen LogP contribution >= 0.6 is 0 Å². The standard InChI is InChI=1S/C11H15FN2O/c1-8(11(13)15)14(2)7-9-5-3-4-6-10(9)12/h3-6,8H,7H2,1-2H3,(H2,13,15)/t8-/m0/s1. The van der Waals surface area contributed by atoms with Gasteiger partial charge in [-0.25, -0.2) is 4.39 Å². The van der Waals surface area contributed by atoms with Gasteiger partial charge in [-0.3, -0.25) is 9.69 Å². The Morgan fingerprint density at radius 2 is 2.13 bits per heavy atom. The zero-order valence-corrected chi connectivity index (χ0v) is 8.90. The van der Waals surface area contributed by atoms with E-state index in [0.29, 0.717) is 12.1 Å². The molecule has 1 rings (SSSR count). The number of nitrogens with two attached hydrogens (primary N) is 1. The molecule has 0 unspecified atom stereocenters. The number of halogens is 1. The first kappa shape index (κ1) is 11.7. The molecule has 82 valence electrons. The van der Waals surface area contributed by atoms with E-state index < -0.39 is 11.9 Å². The molecule has 0 saturated carbocycles. The summed E-state index contributed by atoms with van der Waals surface area (Å²) in [6.07, 6.45) is 0. The molecule has 0 aliphatic heterocycles. The van der Waals surface area contributed by atoms with Gasteiger partial charge in [-0.2, -0.15) is 0 Å². The fourth-order valence-corrected chi connectivity index (χ4v) is 1.25. The predicted octanol–water partition coefficient (Wildman–Crippen LogP) is 1.13. The van der Waals surface area contributed by atoms with Crippen LogP contribution in [0.4, 0.5) is 4.39 Å². The topological polar surface area (TPSA) is 46.3 Å². The Morgan fingerprint density at radius 1 is 1.53 bits per heavy atom. The van der Waals surface area contributed by atoms with E-state index in [4.69, 9.17) is 5.73 Å². The number of carbonyl (C=O) groups is 1. The third-order valence-electron chi connectivity index (χ3n) is 2.45. The number of amides is 1. The smallest absolute Gasteiger partial charge is 0.234 e. The Labute approximate surface area is 88.7 Å². The maximum Gasteiger partial charge on any atom is 0.234 e. The van der Waals surface area contributed by atoms with Crippen LogP contribution in [-0.4, -0.2) is 23.9 Å². The molecular weight excluding hydrogens is 195 g/mol. The summed E-state index contributed by atoms with van der Waals surface area (Å²) in [5, 5.41) is 0. The number of nitrogens with zero attached hydrogens (tertiary/aromatic N) is 1. The number of benzene rings is 1. The van der Waals surface area contributed by atoms with Crippen molar-refractivity contribution in [3.63, 3.8) is 0 Å². The lowest BCUT2D eigenvalue weighted by Crippen LogP contribution is -2.39. The van der Waals surface area contributed by atoms with Gasteiger partial charge in [0.15, 0.2) is 0 Å². The fraction of sp³-hybridized carbons (Fsp3) is 0.364. The van der Waals surface area contributed by atoms with Crippen molar-refractivity contribution in [2.24, 2.45) is 5.73 Å². The van der Waals surface area contributed by atoms with Gasteiger partial charge in [-0.15, -0.1) is 0 Å². The van der Waals surface area contributed by atoms with E-state index in [1.165, 1.54) is 6.07 Å². The second-order valence-corrected chi connectivity index (χ2v) is 3.58. The summed E-state index contributed by atoms with van der Waals surface area (Å²) in [5.74, 6) is -0.671. The second-order valence-electron chi connectivity index (χ2n) is 3.58. The van der Waals surface area contributed by atoms with Gasteiger partial charge in [-0.05, 0) is 20.0 Å². The molecule has 0 bridgehead atoms. The normalized spacial score (nSPS) is 12.8. The monoisotopic (exact) mass is 210 g/mol. The first-order valence-corrected chi connectivity index (χ1v) is 4.75. The molecule has 4 heteroatoms. The third-order valence-corrected chi connectivity index (χ3v) is 2.45. The molecule has 1 atom stereocenters. The summed E-state index contributed by atoms with van der Waals surface area (Å²) in [6, 6.07) is 6.10. The first-order chi connectivity index (χ1) is 7.02. The Bertz CT molecular complexity index is 354. The molecule has 0 radical (unpaired) electrons. The van der Waals surface area contributed by atoms with E-state index in [0.717, 1.165) is 0 Å². The highest BCUT2D eigenvalue weighted by atomic mass is 19.1. The van der Waals surface area contributed by atoms with Gasteiger partial charge >= 0.3 is 0 Å². The highest BCUT2D eigenvalue weighted by Crippen LogP contribution is 2.10. The number of likely N-dealkylation sites (N-methyl/N-ethyl adjacent to an activating group) is 1. The van der Waals surface area contributed by atoms with Crippen LogP contribution in [0.1, 0.15) is 12.5 Å². The molecule has 0 heterocycles. The number of carbonyl (C=O) groups excluding carboxylic acids is 1. The van der Waals surface area contributed by atoms with Crippen LogP contribution in [0.25, 0.3) is 0 Å². The fourth-order valence-electron chi connectivity index (χ4n) is 1.25. The quantitative estimate of drug-likeness (QED) is 0.809. The molecule has 0 fully saturated rings. The van der Waals surface area contributed by atoms with Gasteiger partial charge in [0.1, 0.15) is 5.82 Å². The van der Waals surface area contributed by atoms with Crippen molar-refractivity contribution in [3.8, 4) is 0 Å². The van der Waals surface area contributed by atoms with Gasteiger partial charge in [0.2, 0.25) is 5.91 Å². The summed E-state index contributed by atoms with van der Waals surface area (Å²) in [7, 11) is 1.74. The lowest BCUT2D eigenvalue weighted by Gasteiger charge is -2.21. The average Bonchev–Trinajstić information content (AvgIpc) is 2.20. The lowest BCUT2D eigenvalue weighted by molar-refractivity contribution is -0.122. The predicted molar refractivity (Wildman–Crippen MR) is 56.5 cm³/mol. The molecular formula is C11H15FN2O. The van der Waals surface area contributed by atoms with E-state index in [1.54, 1.807) is 37.1 Å². The zero-order valence-electron chi connectivity index (χ0n) is 8.90.